The van der Waals surface area contributed by atoms with Gasteiger partial charge in [-0.25, -0.2) is 0 Å². The summed E-state index contributed by atoms with van der Waals surface area (Å²) in [7, 11) is 1.70. The van der Waals surface area contributed by atoms with E-state index >= 15 is 0 Å². The number of furan rings is 1. The van der Waals surface area contributed by atoms with Crippen molar-refractivity contribution >= 4 is 0 Å². The average molecular weight is 328 g/mol. The monoisotopic (exact) mass is 328 g/mol. The molecule has 24 heavy (non-hydrogen) atoms. The third kappa shape index (κ3) is 4.43. The Labute approximate surface area is 147 Å². The first-order valence-electron chi connectivity index (χ1n) is 9.52. The topological polar surface area (TPSA) is 22.4 Å². The summed E-state index contributed by atoms with van der Waals surface area (Å²) in [6.07, 6.45) is 9.33. The first kappa shape index (κ1) is 18.6. The lowest BCUT2D eigenvalue weighted by Crippen LogP contribution is -1.95. The number of methoxy groups -OCH3 is 1. The van der Waals surface area contributed by atoms with E-state index in [0.29, 0.717) is 0 Å². The van der Waals surface area contributed by atoms with Gasteiger partial charge in [0.25, 0.3) is 0 Å². The molecule has 0 saturated carbocycles. The second-order valence-corrected chi connectivity index (χ2v) is 6.50. The summed E-state index contributed by atoms with van der Waals surface area (Å²) >= 11 is 0. The van der Waals surface area contributed by atoms with Gasteiger partial charge in [0.1, 0.15) is 17.3 Å². The minimum atomic E-state index is 0.888. The molecule has 2 rings (SSSR count). The molecule has 2 aromatic rings. The van der Waals surface area contributed by atoms with Gasteiger partial charge in [-0.15, -0.1) is 0 Å². The molecule has 2 nitrogen and oxygen atoms in total. The van der Waals surface area contributed by atoms with Crippen LogP contribution in [-0.2, 0) is 19.3 Å². The van der Waals surface area contributed by atoms with E-state index in [2.05, 4.69) is 32.9 Å². The summed E-state index contributed by atoms with van der Waals surface area (Å²) in [6, 6.07) is 8.26. The molecule has 0 aliphatic carbocycles. The van der Waals surface area contributed by atoms with Gasteiger partial charge in [-0.1, -0.05) is 46.5 Å². The van der Waals surface area contributed by atoms with Crippen molar-refractivity contribution < 1.29 is 9.15 Å². The number of unbranched alkanes of at least 4 members (excludes halogenated alkanes) is 2. The molecule has 1 aromatic heterocycles. The normalized spacial score (nSPS) is 11.0. The van der Waals surface area contributed by atoms with Crippen molar-refractivity contribution in [3.8, 4) is 17.1 Å². The van der Waals surface area contributed by atoms with Gasteiger partial charge in [0, 0.05) is 17.5 Å². The van der Waals surface area contributed by atoms with Crippen LogP contribution in [0.2, 0.25) is 0 Å². The van der Waals surface area contributed by atoms with Gasteiger partial charge in [-0.2, -0.15) is 0 Å². The fourth-order valence-electron chi connectivity index (χ4n) is 3.32. The van der Waals surface area contributed by atoms with Gasteiger partial charge in [-0.3, -0.25) is 0 Å². The van der Waals surface area contributed by atoms with E-state index in [1.165, 1.54) is 48.1 Å². The Hall–Kier alpha value is -1.70. The first-order valence-corrected chi connectivity index (χ1v) is 9.52. The van der Waals surface area contributed by atoms with Gasteiger partial charge in [-0.05, 0) is 49.1 Å². The summed E-state index contributed by atoms with van der Waals surface area (Å²) in [5.41, 5.74) is 4.07. The molecule has 0 aliphatic rings. The van der Waals surface area contributed by atoms with Crippen molar-refractivity contribution in [3.63, 3.8) is 0 Å². The van der Waals surface area contributed by atoms with Crippen LogP contribution in [0.4, 0.5) is 0 Å². The van der Waals surface area contributed by atoms with Gasteiger partial charge in [0.15, 0.2) is 0 Å². The van der Waals surface area contributed by atoms with Gasteiger partial charge in [0.2, 0.25) is 0 Å². The number of hydrogen-bond acceptors (Lipinski definition) is 2. The van der Waals surface area contributed by atoms with E-state index in [1.54, 1.807) is 7.11 Å². The minimum Gasteiger partial charge on any atom is -0.497 e. The second kappa shape index (κ2) is 9.56. The predicted octanol–water partition coefficient (Wildman–Crippen LogP) is 6.59. The van der Waals surface area contributed by atoms with E-state index in [4.69, 9.17) is 9.15 Å². The third-order valence-electron chi connectivity index (χ3n) is 4.56. The van der Waals surface area contributed by atoms with Crippen LogP contribution in [0.1, 0.15) is 69.8 Å². The van der Waals surface area contributed by atoms with Crippen molar-refractivity contribution in [3.05, 3.63) is 41.2 Å². The highest BCUT2D eigenvalue weighted by Gasteiger charge is 2.20. The SMILES string of the molecule is CCCCCc1oc(-c2ccc(OC)cc2)c(CCC)c1CCC. The average Bonchev–Trinajstić information content (AvgIpc) is 2.94. The Bertz CT molecular complexity index is 608. The second-order valence-electron chi connectivity index (χ2n) is 6.50. The van der Waals surface area contributed by atoms with Gasteiger partial charge in [0.05, 0.1) is 7.11 Å². The molecular formula is C22H32O2. The molecule has 0 radical (unpaired) electrons. The molecule has 0 unspecified atom stereocenters. The Morgan fingerprint density at radius 1 is 0.792 bits per heavy atom. The quantitative estimate of drug-likeness (QED) is 0.459. The van der Waals surface area contributed by atoms with Crippen LogP contribution in [0.15, 0.2) is 28.7 Å². The summed E-state index contributed by atoms with van der Waals surface area (Å²) in [6.45, 7) is 6.75. The van der Waals surface area contributed by atoms with Crippen LogP contribution >= 0.6 is 0 Å². The highest BCUT2D eigenvalue weighted by molar-refractivity contribution is 5.65. The number of benzene rings is 1. The van der Waals surface area contributed by atoms with Crippen LogP contribution in [0.5, 0.6) is 5.75 Å². The lowest BCUT2D eigenvalue weighted by atomic mass is 9.96. The largest absolute Gasteiger partial charge is 0.497 e. The first-order chi connectivity index (χ1) is 11.7. The summed E-state index contributed by atoms with van der Waals surface area (Å²) in [4.78, 5) is 0. The summed E-state index contributed by atoms with van der Waals surface area (Å²) < 4.78 is 11.7. The standard InChI is InChI=1S/C22H32O2/c1-5-8-9-12-21-19(10-6-2)20(11-7-3)22(24-21)17-13-15-18(23-4)16-14-17/h13-16H,5-12H2,1-4H3. The fraction of sp³-hybridized carbons (Fsp3) is 0.545. The van der Waals surface area contributed by atoms with Gasteiger partial charge < -0.3 is 9.15 Å². The number of rotatable bonds is 10. The molecule has 132 valence electrons. The van der Waals surface area contributed by atoms with E-state index in [9.17, 15) is 0 Å². The lowest BCUT2D eigenvalue weighted by Gasteiger charge is -2.06. The van der Waals surface area contributed by atoms with Crippen molar-refractivity contribution in [1.29, 1.82) is 0 Å². The molecule has 1 aromatic carbocycles. The number of ether oxygens (including phenoxy) is 1. The molecule has 2 heteroatoms. The molecule has 1 heterocycles. The predicted molar refractivity (Wildman–Crippen MR) is 102 cm³/mol. The number of aryl methyl sites for hydroxylation is 1. The van der Waals surface area contributed by atoms with Crippen LogP contribution in [0.25, 0.3) is 11.3 Å². The third-order valence-corrected chi connectivity index (χ3v) is 4.56. The van der Waals surface area contributed by atoms with Crippen LogP contribution in [-0.4, -0.2) is 7.11 Å². The van der Waals surface area contributed by atoms with Gasteiger partial charge >= 0.3 is 0 Å². The van der Waals surface area contributed by atoms with E-state index in [1.807, 2.05) is 12.1 Å². The lowest BCUT2D eigenvalue weighted by molar-refractivity contribution is 0.415. The van der Waals surface area contributed by atoms with E-state index < -0.39 is 0 Å². The van der Waals surface area contributed by atoms with Crippen molar-refractivity contribution in [2.45, 2.75) is 72.1 Å². The summed E-state index contributed by atoms with van der Waals surface area (Å²) in [5, 5.41) is 0. The maximum absolute atomic E-state index is 6.42. The maximum atomic E-state index is 6.42. The molecular weight excluding hydrogens is 296 g/mol. The minimum absolute atomic E-state index is 0.888. The molecule has 0 fully saturated rings. The molecule has 0 spiro atoms. The molecule has 0 aliphatic heterocycles. The summed E-state index contributed by atoms with van der Waals surface area (Å²) in [5.74, 6) is 3.19. The Kier molecular flexibility index (Phi) is 7.42. The highest BCUT2D eigenvalue weighted by Crippen LogP contribution is 2.35. The maximum Gasteiger partial charge on any atom is 0.137 e. The number of hydrogen-bond donors (Lipinski definition) is 0. The van der Waals surface area contributed by atoms with Crippen LogP contribution in [0.3, 0.4) is 0 Å². The Balaban J connectivity index is 2.41. The molecule has 0 bridgehead atoms. The van der Waals surface area contributed by atoms with Crippen LogP contribution < -0.4 is 4.74 Å². The van der Waals surface area contributed by atoms with Crippen molar-refractivity contribution in [2.24, 2.45) is 0 Å². The van der Waals surface area contributed by atoms with Crippen molar-refractivity contribution in [2.75, 3.05) is 7.11 Å². The Morgan fingerprint density at radius 2 is 1.46 bits per heavy atom. The van der Waals surface area contributed by atoms with Crippen molar-refractivity contribution in [1.82, 2.24) is 0 Å². The zero-order valence-corrected chi connectivity index (χ0v) is 15.8. The fourth-order valence-corrected chi connectivity index (χ4v) is 3.32. The van der Waals surface area contributed by atoms with E-state index in [0.717, 1.165) is 37.2 Å². The smallest absolute Gasteiger partial charge is 0.137 e. The Morgan fingerprint density at radius 3 is 2.04 bits per heavy atom. The molecule has 0 saturated heterocycles. The zero-order valence-electron chi connectivity index (χ0n) is 15.8. The van der Waals surface area contributed by atoms with Crippen LogP contribution in [0, 0.1) is 0 Å². The molecule has 0 N–H and O–H groups in total. The zero-order chi connectivity index (χ0) is 17.4. The molecule has 0 amide bonds. The highest BCUT2D eigenvalue weighted by atomic mass is 16.5. The van der Waals surface area contributed by atoms with E-state index in [-0.39, 0.29) is 0 Å². The molecule has 0 atom stereocenters.